The van der Waals surface area contributed by atoms with Crippen molar-refractivity contribution >= 4 is 46.4 Å². The standard InChI is InChI=1S/C18H18Cl2N4O3/c19-15-6-5-14(18(20)22-15)21-16(26)11-17(27)24-9-7-23(8-10-24)12-1-3-13(25)4-2-12/h1-6,25H,7-11H2,(H,21,26). The van der Waals surface area contributed by atoms with Crippen molar-refractivity contribution in [3.05, 3.63) is 46.7 Å². The minimum atomic E-state index is -0.452. The monoisotopic (exact) mass is 408 g/mol. The van der Waals surface area contributed by atoms with E-state index < -0.39 is 5.91 Å². The van der Waals surface area contributed by atoms with Gasteiger partial charge < -0.3 is 20.2 Å². The molecule has 9 heteroatoms. The Bertz CT molecular complexity index is 837. The number of carbonyl (C=O) groups excluding carboxylic acids is 2. The second-order valence-electron chi connectivity index (χ2n) is 6.08. The Morgan fingerprint density at radius 2 is 1.70 bits per heavy atom. The van der Waals surface area contributed by atoms with Crippen molar-refractivity contribution in [3.63, 3.8) is 0 Å². The van der Waals surface area contributed by atoms with Crippen LogP contribution in [-0.4, -0.2) is 53.0 Å². The van der Waals surface area contributed by atoms with Gasteiger partial charge in [0.2, 0.25) is 11.8 Å². The van der Waals surface area contributed by atoms with Gasteiger partial charge >= 0.3 is 0 Å². The molecule has 142 valence electrons. The quantitative estimate of drug-likeness (QED) is 0.599. The SMILES string of the molecule is O=C(CC(=O)N1CCN(c2ccc(O)cc2)CC1)Nc1ccc(Cl)nc1Cl. The maximum atomic E-state index is 12.4. The number of benzene rings is 1. The highest BCUT2D eigenvalue weighted by atomic mass is 35.5. The minimum Gasteiger partial charge on any atom is -0.508 e. The van der Waals surface area contributed by atoms with Crippen LogP contribution in [-0.2, 0) is 9.59 Å². The summed E-state index contributed by atoms with van der Waals surface area (Å²) >= 11 is 11.6. The van der Waals surface area contributed by atoms with Crippen LogP contribution >= 0.6 is 23.2 Å². The molecule has 3 rings (SSSR count). The maximum absolute atomic E-state index is 12.4. The van der Waals surface area contributed by atoms with E-state index in [1.54, 1.807) is 17.0 Å². The number of phenolic OH excluding ortho intramolecular Hbond substituents is 1. The highest BCUT2D eigenvalue weighted by molar-refractivity contribution is 6.34. The van der Waals surface area contributed by atoms with Crippen molar-refractivity contribution in [1.82, 2.24) is 9.88 Å². The molecule has 2 heterocycles. The lowest BCUT2D eigenvalue weighted by atomic mass is 10.2. The number of pyridine rings is 1. The number of hydrogen-bond donors (Lipinski definition) is 2. The number of nitrogens with one attached hydrogen (secondary N) is 1. The highest BCUT2D eigenvalue weighted by Crippen LogP contribution is 2.22. The number of carbonyl (C=O) groups is 2. The Kier molecular flexibility index (Phi) is 6.03. The van der Waals surface area contributed by atoms with Crippen LogP contribution < -0.4 is 10.2 Å². The largest absolute Gasteiger partial charge is 0.508 e. The summed E-state index contributed by atoms with van der Waals surface area (Å²) in [5.41, 5.74) is 1.30. The Hall–Kier alpha value is -2.51. The van der Waals surface area contributed by atoms with E-state index >= 15 is 0 Å². The Labute approximate surface area is 166 Å². The van der Waals surface area contributed by atoms with Gasteiger partial charge in [-0.05, 0) is 36.4 Å². The molecule has 27 heavy (non-hydrogen) atoms. The lowest BCUT2D eigenvalue weighted by Crippen LogP contribution is -2.49. The summed E-state index contributed by atoms with van der Waals surface area (Å²) < 4.78 is 0. The molecular weight excluding hydrogens is 391 g/mol. The van der Waals surface area contributed by atoms with E-state index in [9.17, 15) is 14.7 Å². The fourth-order valence-corrected chi connectivity index (χ4v) is 3.22. The average Bonchev–Trinajstić information content (AvgIpc) is 2.65. The molecule has 2 aromatic rings. The van der Waals surface area contributed by atoms with Crippen LogP contribution in [0.25, 0.3) is 0 Å². The van der Waals surface area contributed by atoms with E-state index in [0.29, 0.717) is 31.9 Å². The summed E-state index contributed by atoms with van der Waals surface area (Å²) in [4.78, 5) is 32.1. The van der Waals surface area contributed by atoms with E-state index in [-0.39, 0.29) is 28.4 Å². The van der Waals surface area contributed by atoms with Crippen LogP contribution in [0.4, 0.5) is 11.4 Å². The summed E-state index contributed by atoms with van der Waals surface area (Å²) in [5, 5.41) is 12.2. The highest BCUT2D eigenvalue weighted by Gasteiger charge is 2.23. The first-order chi connectivity index (χ1) is 12.9. The van der Waals surface area contributed by atoms with E-state index in [1.807, 2.05) is 12.1 Å². The molecule has 1 aromatic heterocycles. The second kappa shape index (κ2) is 8.45. The fraction of sp³-hybridized carbons (Fsp3) is 0.278. The van der Waals surface area contributed by atoms with E-state index in [4.69, 9.17) is 23.2 Å². The number of piperazine rings is 1. The number of rotatable bonds is 4. The number of nitrogens with zero attached hydrogens (tertiary/aromatic N) is 3. The summed E-state index contributed by atoms with van der Waals surface area (Å²) in [6.07, 6.45) is -0.266. The first-order valence-electron chi connectivity index (χ1n) is 8.36. The first kappa shape index (κ1) is 19.3. The molecule has 1 fully saturated rings. The minimum absolute atomic E-state index is 0.0748. The smallest absolute Gasteiger partial charge is 0.233 e. The van der Waals surface area contributed by atoms with Crippen LogP contribution in [0.3, 0.4) is 0 Å². The Balaban J connectivity index is 1.50. The van der Waals surface area contributed by atoms with E-state index in [1.165, 1.54) is 12.1 Å². The van der Waals surface area contributed by atoms with Gasteiger partial charge in [-0.15, -0.1) is 0 Å². The third-order valence-electron chi connectivity index (χ3n) is 4.25. The van der Waals surface area contributed by atoms with Gasteiger partial charge in [0.25, 0.3) is 0 Å². The number of anilines is 2. The molecule has 0 saturated carbocycles. The summed E-state index contributed by atoms with van der Waals surface area (Å²) in [6.45, 7) is 2.36. The number of halogens is 2. The van der Waals surface area contributed by atoms with Crippen molar-refractivity contribution in [2.45, 2.75) is 6.42 Å². The Morgan fingerprint density at radius 1 is 1.04 bits per heavy atom. The van der Waals surface area contributed by atoms with E-state index in [2.05, 4.69) is 15.2 Å². The van der Waals surface area contributed by atoms with Gasteiger partial charge in [-0.1, -0.05) is 23.2 Å². The van der Waals surface area contributed by atoms with Gasteiger partial charge in [0.15, 0.2) is 5.15 Å². The molecule has 2 N–H and O–H groups in total. The number of hydrogen-bond acceptors (Lipinski definition) is 5. The molecular formula is C18H18Cl2N4O3. The average molecular weight is 409 g/mol. The third kappa shape index (κ3) is 5.02. The van der Waals surface area contributed by atoms with Crippen molar-refractivity contribution in [2.75, 3.05) is 36.4 Å². The molecule has 7 nitrogen and oxygen atoms in total. The zero-order valence-corrected chi connectivity index (χ0v) is 15.9. The van der Waals surface area contributed by atoms with Gasteiger partial charge in [-0.25, -0.2) is 4.98 Å². The summed E-state index contributed by atoms with van der Waals surface area (Å²) in [7, 11) is 0. The second-order valence-corrected chi connectivity index (χ2v) is 6.83. The van der Waals surface area contributed by atoms with Crippen molar-refractivity contribution in [2.24, 2.45) is 0 Å². The summed E-state index contributed by atoms with van der Waals surface area (Å²) in [5.74, 6) is -0.475. The molecule has 0 radical (unpaired) electrons. The number of amides is 2. The number of aromatic hydroxyl groups is 1. The fourth-order valence-electron chi connectivity index (χ4n) is 2.83. The van der Waals surface area contributed by atoms with Gasteiger partial charge in [-0.3, -0.25) is 9.59 Å². The zero-order chi connectivity index (χ0) is 19.4. The van der Waals surface area contributed by atoms with Crippen molar-refractivity contribution in [1.29, 1.82) is 0 Å². The molecule has 1 aliphatic heterocycles. The van der Waals surface area contributed by atoms with Crippen LogP contribution in [0.2, 0.25) is 10.3 Å². The van der Waals surface area contributed by atoms with Gasteiger partial charge in [0, 0.05) is 31.9 Å². The van der Waals surface area contributed by atoms with Crippen LogP contribution in [0.1, 0.15) is 6.42 Å². The van der Waals surface area contributed by atoms with Crippen LogP contribution in [0.5, 0.6) is 5.75 Å². The molecule has 0 unspecified atom stereocenters. The molecule has 1 aliphatic rings. The zero-order valence-electron chi connectivity index (χ0n) is 14.4. The van der Waals surface area contributed by atoms with Gasteiger partial charge in [0.1, 0.15) is 17.3 Å². The van der Waals surface area contributed by atoms with Crippen molar-refractivity contribution in [3.8, 4) is 5.75 Å². The Morgan fingerprint density at radius 3 is 2.33 bits per heavy atom. The molecule has 0 atom stereocenters. The molecule has 0 aliphatic carbocycles. The van der Waals surface area contributed by atoms with Gasteiger partial charge in [-0.2, -0.15) is 0 Å². The molecule has 1 aromatic carbocycles. The molecule has 2 amide bonds. The first-order valence-corrected chi connectivity index (χ1v) is 9.11. The lowest BCUT2D eigenvalue weighted by Gasteiger charge is -2.36. The predicted molar refractivity (Wildman–Crippen MR) is 104 cm³/mol. The topological polar surface area (TPSA) is 85.8 Å². The van der Waals surface area contributed by atoms with E-state index in [0.717, 1.165) is 5.69 Å². The van der Waals surface area contributed by atoms with Crippen molar-refractivity contribution < 1.29 is 14.7 Å². The molecule has 0 spiro atoms. The van der Waals surface area contributed by atoms with Gasteiger partial charge in [0.05, 0.1) is 5.69 Å². The lowest BCUT2D eigenvalue weighted by molar-refractivity contribution is -0.134. The maximum Gasteiger partial charge on any atom is 0.233 e. The number of aromatic nitrogens is 1. The molecule has 1 saturated heterocycles. The molecule has 0 bridgehead atoms. The van der Waals surface area contributed by atoms with Crippen LogP contribution in [0, 0.1) is 0 Å². The summed E-state index contributed by atoms with van der Waals surface area (Å²) in [6, 6.07) is 9.99. The predicted octanol–water partition coefficient (Wildman–Crippen LogP) is 2.77. The van der Waals surface area contributed by atoms with Crippen LogP contribution in [0.15, 0.2) is 36.4 Å². The normalized spacial score (nSPS) is 14.1. The number of phenols is 1. The third-order valence-corrected chi connectivity index (χ3v) is 4.75.